The lowest BCUT2D eigenvalue weighted by Gasteiger charge is -2.12. The average molecular weight is 390 g/mol. The van der Waals surface area contributed by atoms with Gasteiger partial charge >= 0.3 is 0 Å². The number of nitrogens with one attached hydrogen (secondary N) is 2. The highest BCUT2D eigenvalue weighted by Gasteiger charge is 2.23. The van der Waals surface area contributed by atoms with E-state index in [1.807, 2.05) is 6.92 Å². The molecular formula is C18H18N2O4S2. The zero-order chi connectivity index (χ0) is 18.9. The maximum absolute atomic E-state index is 12.6. The monoisotopic (exact) mass is 390 g/mol. The fourth-order valence-electron chi connectivity index (χ4n) is 2.43. The van der Waals surface area contributed by atoms with Crippen LogP contribution in [-0.4, -0.2) is 25.9 Å². The Morgan fingerprint density at radius 2 is 1.88 bits per heavy atom. The summed E-state index contributed by atoms with van der Waals surface area (Å²) in [4.78, 5) is 24.2. The van der Waals surface area contributed by atoms with Crippen molar-refractivity contribution in [3.05, 3.63) is 48.0 Å². The number of anilines is 2. The quantitative estimate of drug-likeness (QED) is 0.781. The molecule has 1 unspecified atom stereocenters. The Morgan fingerprint density at radius 1 is 1.19 bits per heavy atom. The van der Waals surface area contributed by atoms with E-state index in [4.69, 9.17) is 0 Å². The highest BCUT2D eigenvalue weighted by Crippen LogP contribution is 2.34. The molecule has 0 spiro atoms. The van der Waals surface area contributed by atoms with E-state index in [2.05, 4.69) is 10.0 Å². The third-order valence-electron chi connectivity index (χ3n) is 4.00. The predicted molar refractivity (Wildman–Crippen MR) is 102 cm³/mol. The number of Topliss-reactive ketones (excluding diaryl/α,β-unsaturated/α-hetero) is 1. The van der Waals surface area contributed by atoms with Gasteiger partial charge < -0.3 is 5.32 Å². The molecule has 2 aromatic rings. The van der Waals surface area contributed by atoms with E-state index in [-0.39, 0.29) is 22.5 Å². The van der Waals surface area contributed by atoms with E-state index < -0.39 is 10.0 Å². The predicted octanol–water partition coefficient (Wildman–Crippen LogP) is 3.37. The molecule has 136 valence electrons. The molecule has 1 heterocycles. The molecule has 0 aliphatic carbocycles. The van der Waals surface area contributed by atoms with Crippen molar-refractivity contribution in [2.45, 2.75) is 23.6 Å². The summed E-state index contributed by atoms with van der Waals surface area (Å²) in [5.74, 6) is 0.280. The van der Waals surface area contributed by atoms with E-state index in [0.29, 0.717) is 22.7 Å². The second kappa shape index (κ2) is 7.13. The number of carbonyl (C=O) groups is 2. The Balaban J connectivity index is 1.87. The summed E-state index contributed by atoms with van der Waals surface area (Å²) in [7, 11) is -3.82. The Labute approximate surface area is 156 Å². The third-order valence-corrected chi connectivity index (χ3v) is 6.71. The number of ketones is 1. The first-order valence-corrected chi connectivity index (χ1v) is 10.4. The van der Waals surface area contributed by atoms with E-state index in [0.717, 1.165) is 4.90 Å². The van der Waals surface area contributed by atoms with Gasteiger partial charge in [0, 0.05) is 27.8 Å². The Kier molecular flexibility index (Phi) is 5.06. The first kappa shape index (κ1) is 18.5. The van der Waals surface area contributed by atoms with Crippen LogP contribution in [-0.2, 0) is 14.8 Å². The molecule has 6 nitrogen and oxygen atoms in total. The highest BCUT2D eigenvalue weighted by molar-refractivity contribution is 7.99. The Bertz CT molecular complexity index is 969. The van der Waals surface area contributed by atoms with Gasteiger partial charge in [-0.15, -0.1) is 11.8 Å². The number of hydrogen-bond donors (Lipinski definition) is 2. The number of hydrogen-bond acceptors (Lipinski definition) is 5. The minimum Gasteiger partial charge on any atom is -0.325 e. The molecule has 0 aromatic heterocycles. The first-order chi connectivity index (χ1) is 12.3. The average Bonchev–Trinajstić information content (AvgIpc) is 2.73. The van der Waals surface area contributed by atoms with Gasteiger partial charge in [-0.3, -0.25) is 14.3 Å². The van der Waals surface area contributed by atoms with Crippen molar-refractivity contribution in [1.82, 2.24) is 0 Å². The summed E-state index contributed by atoms with van der Waals surface area (Å²) in [6.07, 6.45) is 0. The van der Waals surface area contributed by atoms with Crippen LogP contribution in [0, 0.1) is 5.92 Å². The van der Waals surface area contributed by atoms with Gasteiger partial charge in [0.05, 0.1) is 10.6 Å². The molecule has 3 rings (SSSR count). The van der Waals surface area contributed by atoms with Crippen LogP contribution in [0.25, 0.3) is 0 Å². The zero-order valence-corrected chi connectivity index (χ0v) is 15.9. The lowest BCUT2D eigenvalue weighted by atomic mass is 10.1. The Hall–Kier alpha value is -2.32. The lowest BCUT2D eigenvalue weighted by molar-refractivity contribution is -0.118. The van der Waals surface area contributed by atoms with Crippen LogP contribution in [0.5, 0.6) is 0 Å². The third kappa shape index (κ3) is 3.91. The molecular weight excluding hydrogens is 372 g/mol. The summed E-state index contributed by atoms with van der Waals surface area (Å²) in [5.41, 5.74) is 1.36. The summed E-state index contributed by atoms with van der Waals surface area (Å²) in [5, 5.41) is 2.78. The summed E-state index contributed by atoms with van der Waals surface area (Å²) >= 11 is 1.52. The van der Waals surface area contributed by atoms with Crippen molar-refractivity contribution < 1.29 is 18.0 Å². The normalized spacial score (nSPS) is 17.0. The zero-order valence-electron chi connectivity index (χ0n) is 14.3. The highest BCUT2D eigenvalue weighted by atomic mass is 32.2. The van der Waals surface area contributed by atoms with E-state index in [1.54, 1.807) is 18.2 Å². The van der Waals surface area contributed by atoms with Crippen LogP contribution < -0.4 is 10.0 Å². The molecule has 0 bridgehead atoms. The maximum Gasteiger partial charge on any atom is 0.261 e. The number of sulfonamides is 1. The fourth-order valence-corrected chi connectivity index (χ4v) is 4.53. The van der Waals surface area contributed by atoms with Gasteiger partial charge in [0.1, 0.15) is 0 Å². The van der Waals surface area contributed by atoms with Crippen molar-refractivity contribution in [3.8, 4) is 0 Å². The summed E-state index contributed by atoms with van der Waals surface area (Å²) in [6.45, 7) is 3.28. The van der Waals surface area contributed by atoms with Crippen LogP contribution in [0.15, 0.2) is 52.3 Å². The largest absolute Gasteiger partial charge is 0.325 e. The van der Waals surface area contributed by atoms with Gasteiger partial charge in [0.25, 0.3) is 10.0 Å². The summed E-state index contributed by atoms with van der Waals surface area (Å²) in [6, 6.07) is 10.9. The molecule has 1 aliphatic heterocycles. The van der Waals surface area contributed by atoms with Gasteiger partial charge in [-0.1, -0.05) is 6.92 Å². The molecule has 0 saturated carbocycles. The van der Waals surface area contributed by atoms with Crippen LogP contribution in [0.2, 0.25) is 0 Å². The van der Waals surface area contributed by atoms with E-state index >= 15 is 0 Å². The van der Waals surface area contributed by atoms with Gasteiger partial charge in [-0.05, 0) is 49.4 Å². The molecule has 0 saturated heterocycles. The summed E-state index contributed by atoms with van der Waals surface area (Å²) < 4.78 is 27.8. The topological polar surface area (TPSA) is 92.3 Å². The SMILES string of the molecule is CC(=O)c1ccc(NS(=O)(=O)c2ccc3c(c2)NC(=O)C(C)CS3)cc1. The van der Waals surface area contributed by atoms with Gasteiger partial charge in [-0.2, -0.15) is 0 Å². The Morgan fingerprint density at radius 3 is 2.54 bits per heavy atom. The molecule has 1 amide bonds. The molecule has 26 heavy (non-hydrogen) atoms. The maximum atomic E-state index is 12.6. The first-order valence-electron chi connectivity index (χ1n) is 7.98. The van der Waals surface area contributed by atoms with Crippen molar-refractivity contribution in [3.63, 3.8) is 0 Å². The molecule has 8 heteroatoms. The standard InChI is InChI=1S/C18H18N2O4S2/c1-11-10-25-17-8-7-15(9-16(17)19-18(11)22)26(23,24)20-14-5-3-13(4-6-14)12(2)21/h3-9,11,20H,10H2,1-2H3,(H,19,22). The molecule has 0 radical (unpaired) electrons. The second-order valence-electron chi connectivity index (χ2n) is 6.10. The number of carbonyl (C=O) groups excluding carboxylic acids is 2. The van der Waals surface area contributed by atoms with Crippen LogP contribution >= 0.6 is 11.8 Å². The molecule has 1 aliphatic rings. The van der Waals surface area contributed by atoms with Gasteiger partial charge in [-0.25, -0.2) is 8.42 Å². The van der Waals surface area contributed by atoms with Crippen LogP contribution in [0.3, 0.4) is 0 Å². The lowest BCUT2D eigenvalue weighted by Crippen LogP contribution is -2.20. The van der Waals surface area contributed by atoms with Crippen molar-refractivity contribution in [2.75, 3.05) is 15.8 Å². The minimum absolute atomic E-state index is 0.0577. The molecule has 2 aromatic carbocycles. The molecule has 2 N–H and O–H groups in total. The minimum atomic E-state index is -3.82. The van der Waals surface area contributed by atoms with Gasteiger partial charge in [0.15, 0.2) is 5.78 Å². The van der Waals surface area contributed by atoms with Crippen molar-refractivity contribution in [2.24, 2.45) is 5.92 Å². The number of rotatable bonds is 4. The number of thioether (sulfide) groups is 1. The van der Waals surface area contributed by atoms with E-state index in [9.17, 15) is 18.0 Å². The van der Waals surface area contributed by atoms with Crippen molar-refractivity contribution >= 4 is 44.9 Å². The number of benzene rings is 2. The van der Waals surface area contributed by atoms with E-state index in [1.165, 1.54) is 43.0 Å². The van der Waals surface area contributed by atoms with Gasteiger partial charge in [0.2, 0.25) is 5.91 Å². The fraction of sp³-hybridized carbons (Fsp3) is 0.222. The van der Waals surface area contributed by atoms with Crippen molar-refractivity contribution in [1.29, 1.82) is 0 Å². The van der Waals surface area contributed by atoms with Crippen LogP contribution in [0.4, 0.5) is 11.4 Å². The molecule has 1 atom stereocenters. The number of amides is 1. The molecule has 0 fully saturated rings. The van der Waals surface area contributed by atoms with Crippen LogP contribution in [0.1, 0.15) is 24.2 Å². The smallest absolute Gasteiger partial charge is 0.261 e. The number of fused-ring (bicyclic) bond motifs is 1. The second-order valence-corrected chi connectivity index (χ2v) is 8.84.